The molecule has 0 radical (unpaired) electrons. The smallest absolute Gasteiger partial charge is 0.327 e. The van der Waals surface area contributed by atoms with Gasteiger partial charge in [-0.15, -0.1) is 0 Å². The van der Waals surface area contributed by atoms with Gasteiger partial charge >= 0.3 is 11.9 Å². The summed E-state index contributed by atoms with van der Waals surface area (Å²) in [7, 11) is 0. The fraction of sp³-hybridized carbons (Fsp3) is 0.667. The predicted molar refractivity (Wildman–Crippen MR) is 115 cm³/mol. The fourth-order valence-corrected chi connectivity index (χ4v) is 2.74. The highest BCUT2D eigenvalue weighted by molar-refractivity contribution is 7.80. The largest absolute Gasteiger partial charge is 0.481 e. The second-order valence-corrected chi connectivity index (χ2v) is 7.59. The Morgan fingerprint density at radius 2 is 1.50 bits per heavy atom. The molecule has 0 heterocycles. The highest BCUT2D eigenvalue weighted by atomic mass is 32.1. The molecular formula is C18H31N5O8S. The lowest BCUT2D eigenvalue weighted by molar-refractivity contribution is -0.143. The molecule has 4 amide bonds. The fourth-order valence-electron chi connectivity index (χ4n) is 2.49. The third kappa shape index (κ3) is 10.4. The van der Waals surface area contributed by atoms with E-state index >= 15 is 0 Å². The van der Waals surface area contributed by atoms with Gasteiger partial charge in [-0.2, -0.15) is 12.6 Å². The first-order valence-electron chi connectivity index (χ1n) is 9.84. The van der Waals surface area contributed by atoms with E-state index in [1.165, 1.54) is 0 Å². The van der Waals surface area contributed by atoms with Crippen LogP contribution >= 0.6 is 12.6 Å². The van der Waals surface area contributed by atoms with Crippen molar-refractivity contribution in [2.45, 2.75) is 63.7 Å². The molecule has 0 aromatic rings. The summed E-state index contributed by atoms with van der Waals surface area (Å²) in [6.45, 7) is 3.39. The summed E-state index contributed by atoms with van der Waals surface area (Å²) >= 11 is 3.81. The van der Waals surface area contributed by atoms with E-state index < -0.39 is 72.1 Å². The molecule has 0 bridgehead atoms. The summed E-state index contributed by atoms with van der Waals surface area (Å²) in [5.74, 6) is -6.75. The number of carbonyl (C=O) groups is 6. The molecule has 9 N–H and O–H groups in total. The van der Waals surface area contributed by atoms with Crippen LogP contribution in [0.3, 0.4) is 0 Å². The minimum absolute atomic E-state index is 0.0413. The van der Waals surface area contributed by atoms with Crippen molar-refractivity contribution in [3.8, 4) is 0 Å². The Morgan fingerprint density at radius 3 is 1.94 bits per heavy atom. The van der Waals surface area contributed by atoms with E-state index in [4.69, 9.17) is 21.7 Å². The third-order valence-corrected chi connectivity index (χ3v) is 5.01. The molecule has 0 fully saturated rings. The Bertz CT molecular complexity index is 719. The zero-order chi connectivity index (χ0) is 25.0. The predicted octanol–water partition coefficient (Wildman–Crippen LogP) is -2.43. The quantitative estimate of drug-likeness (QED) is 0.117. The van der Waals surface area contributed by atoms with E-state index in [9.17, 15) is 28.8 Å². The Morgan fingerprint density at radius 1 is 0.938 bits per heavy atom. The van der Waals surface area contributed by atoms with E-state index in [-0.39, 0.29) is 18.6 Å². The lowest BCUT2D eigenvalue weighted by atomic mass is 9.97. The minimum atomic E-state index is -1.60. The van der Waals surface area contributed by atoms with Gasteiger partial charge in [0.2, 0.25) is 23.6 Å². The topological polar surface area (TPSA) is 231 Å². The van der Waals surface area contributed by atoms with Crippen molar-refractivity contribution in [1.29, 1.82) is 0 Å². The number of aliphatic carboxylic acids is 2. The molecule has 182 valence electrons. The summed E-state index contributed by atoms with van der Waals surface area (Å²) in [5, 5.41) is 24.9. The molecule has 0 saturated carbocycles. The molecule has 0 aliphatic carbocycles. The Hall–Kier alpha value is -2.87. The van der Waals surface area contributed by atoms with Gasteiger partial charge in [0.05, 0.1) is 12.5 Å². The molecule has 5 unspecified atom stereocenters. The number of amides is 4. The second kappa shape index (κ2) is 14.2. The molecule has 0 aromatic heterocycles. The average Bonchev–Trinajstić information content (AvgIpc) is 2.71. The van der Waals surface area contributed by atoms with Crippen LogP contribution in [0.1, 0.15) is 39.5 Å². The van der Waals surface area contributed by atoms with Gasteiger partial charge in [0.15, 0.2) is 0 Å². The molecular weight excluding hydrogens is 446 g/mol. The van der Waals surface area contributed by atoms with Gasteiger partial charge in [0.25, 0.3) is 0 Å². The van der Waals surface area contributed by atoms with Gasteiger partial charge in [-0.3, -0.25) is 24.0 Å². The van der Waals surface area contributed by atoms with Crippen LogP contribution in [0.2, 0.25) is 0 Å². The van der Waals surface area contributed by atoms with Crippen molar-refractivity contribution in [3.63, 3.8) is 0 Å². The van der Waals surface area contributed by atoms with E-state index in [1.807, 2.05) is 0 Å². The highest BCUT2D eigenvalue weighted by Crippen LogP contribution is 2.10. The summed E-state index contributed by atoms with van der Waals surface area (Å²) in [6.07, 6.45) is -0.562. The number of nitrogens with one attached hydrogen (secondary N) is 3. The maximum atomic E-state index is 12.8. The van der Waals surface area contributed by atoms with E-state index in [0.717, 1.165) is 0 Å². The molecule has 0 saturated heterocycles. The molecule has 0 aliphatic heterocycles. The van der Waals surface area contributed by atoms with Crippen LogP contribution in [0.4, 0.5) is 0 Å². The minimum Gasteiger partial charge on any atom is -0.481 e. The number of rotatable bonds is 15. The first-order valence-corrected chi connectivity index (χ1v) is 10.5. The number of hydrogen-bond donors (Lipinski definition) is 8. The number of carboxylic acids is 2. The normalized spacial score (nSPS) is 15.4. The number of carboxylic acid groups (broad SMARTS) is 2. The standard InChI is InChI=1S/C18H31N5O8S/c1-3-8(2)14(23-15(27)9(19)4-5-12(20)24)17(29)21-10(6-13(25)26)16(28)22-11(7-32)18(30)31/h8-11,14,32H,3-7,19H2,1-2H3,(H2,20,24)(H,21,29)(H,22,28)(H,23,27)(H,25,26)(H,30,31). The van der Waals surface area contributed by atoms with Crippen LogP contribution in [-0.4, -0.2) is 75.7 Å². The number of primary amides is 1. The van der Waals surface area contributed by atoms with Crippen LogP contribution in [-0.2, 0) is 28.8 Å². The Kier molecular flexibility index (Phi) is 13.0. The molecule has 13 nitrogen and oxygen atoms in total. The van der Waals surface area contributed by atoms with E-state index in [0.29, 0.717) is 6.42 Å². The molecule has 0 aliphatic rings. The van der Waals surface area contributed by atoms with E-state index in [2.05, 4.69) is 28.6 Å². The molecule has 0 spiro atoms. The van der Waals surface area contributed by atoms with Crippen LogP contribution in [0.15, 0.2) is 0 Å². The average molecular weight is 478 g/mol. The summed E-state index contributed by atoms with van der Waals surface area (Å²) in [5.41, 5.74) is 10.7. The zero-order valence-electron chi connectivity index (χ0n) is 17.9. The van der Waals surface area contributed by atoms with Gasteiger partial charge in [0.1, 0.15) is 18.1 Å². The van der Waals surface area contributed by atoms with Crippen molar-refractivity contribution in [2.24, 2.45) is 17.4 Å². The van der Waals surface area contributed by atoms with Gasteiger partial charge < -0.3 is 37.6 Å². The maximum absolute atomic E-state index is 12.8. The summed E-state index contributed by atoms with van der Waals surface area (Å²) < 4.78 is 0. The number of thiol groups is 1. The third-order valence-electron chi connectivity index (χ3n) is 4.64. The summed E-state index contributed by atoms with van der Waals surface area (Å²) in [6, 6.07) is -5.29. The van der Waals surface area contributed by atoms with Crippen LogP contribution in [0.25, 0.3) is 0 Å². The summed E-state index contributed by atoms with van der Waals surface area (Å²) in [4.78, 5) is 70.6. The van der Waals surface area contributed by atoms with Gasteiger partial charge in [-0.05, 0) is 12.3 Å². The van der Waals surface area contributed by atoms with Crippen LogP contribution in [0.5, 0.6) is 0 Å². The highest BCUT2D eigenvalue weighted by Gasteiger charge is 2.33. The number of nitrogens with two attached hydrogens (primary N) is 2. The molecule has 0 rings (SSSR count). The number of hydrogen-bond acceptors (Lipinski definition) is 8. The zero-order valence-corrected chi connectivity index (χ0v) is 18.8. The molecule has 32 heavy (non-hydrogen) atoms. The molecule has 0 aromatic carbocycles. The van der Waals surface area contributed by atoms with E-state index in [1.54, 1.807) is 13.8 Å². The Balaban J connectivity index is 5.46. The van der Waals surface area contributed by atoms with Crippen molar-refractivity contribution >= 4 is 48.2 Å². The lowest BCUT2D eigenvalue weighted by Crippen LogP contribution is -2.59. The lowest BCUT2D eigenvalue weighted by Gasteiger charge is -2.27. The monoisotopic (exact) mass is 477 g/mol. The Labute approximate surface area is 190 Å². The molecule has 14 heteroatoms. The van der Waals surface area contributed by atoms with Crippen LogP contribution < -0.4 is 27.4 Å². The van der Waals surface area contributed by atoms with Crippen molar-refractivity contribution < 1.29 is 39.0 Å². The second-order valence-electron chi connectivity index (χ2n) is 7.22. The van der Waals surface area contributed by atoms with Gasteiger partial charge in [-0.25, -0.2) is 4.79 Å². The van der Waals surface area contributed by atoms with Gasteiger partial charge in [-0.1, -0.05) is 20.3 Å². The van der Waals surface area contributed by atoms with Crippen LogP contribution in [0, 0.1) is 5.92 Å². The van der Waals surface area contributed by atoms with Crippen molar-refractivity contribution in [1.82, 2.24) is 16.0 Å². The maximum Gasteiger partial charge on any atom is 0.327 e. The van der Waals surface area contributed by atoms with Gasteiger partial charge in [0, 0.05) is 12.2 Å². The van der Waals surface area contributed by atoms with Crippen molar-refractivity contribution in [3.05, 3.63) is 0 Å². The molecule has 5 atom stereocenters. The first kappa shape index (κ1) is 29.1. The number of carbonyl (C=O) groups excluding carboxylic acids is 4. The van der Waals surface area contributed by atoms with Crippen molar-refractivity contribution in [2.75, 3.05) is 5.75 Å². The SMILES string of the molecule is CCC(C)C(NC(=O)C(N)CCC(N)=O)C(=O)NC(CC(=O)O)C(=O)NC(CS)C(=O)O. The first-order chi connectivity index (χ1) is 14.8.